The maximum Gasteiger partial charge on any atom is 0.417 e. The van der Waals surface area contributed by atoms with Gasteiger partial charge in [0.1, 0.15) is 0 Å². The van der Waals surface area contributed by atoms with Crippen molar-refractivity contribution in [2.45, 2.75) is 37.8 Å². The van der Waals surface area contributed by atoms with E-state index in [1.54, 1.807) is 18.2 Å². The summed E-state index contributed by atoms with van der Waals surface area (Å²) in [6.45, 7) is 0. The quantitative estimate of drug-likeness (QED) is 0.764. The Bertz CT molecular complexity index is 680. The Morgan fingerprint density at radius 1 is 1.30 bits per heavy atom. The van der Waals surface area contributed by atoms with Crippen LogP contribution in [0, 0.1) is 0 Å². The number of amides is 1. The second-order valence-electron chi connectivity index (χ2n) is 5.31. The molecule has 0 saturated heterocycles. The second-order valence-corrected chi connectivity index (χ2v) is 5.31. The van der Waals surface area contributed by atoms with Crippen molar-refractivity contribution >= 4 is 17.0 Å². The van der Waals surface area contributed by atoms with E-state index in [0.29, 0.717) is 16.7 Å². The molecule has 0 radical (unpaired) electrons. The van der Waals surface area contributed by atoms with Crippen LogP contribution in [0.3, 0.4) is 0 Å². The van der Waals surface area contributed by atoms with E-state index in [4.69, 9.17) is 10.2 Å². The maximum atomic E-state index is 12.2. The summed E-state index contributed by atoms with van der Waals surface area (Å²) in [5, 5.41) is 3.01. The van der Waals surface area contributed by atoms with Crippen molar-refractivity contribution in [3.05, 3.63) is 34.3 Å². The molecule has 0 aliphatic heterocycles. The zero-order chi connectivity index (χ0) is 14.1. The lowest BCUT2D eigenvalue weighted by Crippen LogP contribution is -2.40. The lowest BCUT2D eigenvalue weighted by molar-refractivity contribution is 0.0926. The number of hydrogen-bond acceptors (Lipinski definition) is 4. The van der Waals surface area contributed by atoms with Crippen LogP contribution in [0.5, 0.6) is 0 Å². The van der Waals surface area contributed by atoms with Gasteiger partial charge in [-0.3, -0.25) is 9.78 Å². The number of benzene rings is 1. The lowest BCUT2D eigenvalue weighted by Gasteiger charge is -2.26. The van der Waals surface area contributed by atoms with Gasteiger partial charge in [-0.05, 0) is 43.9 Å². The molecule has 6 heteroatoms. The molecule has 3 rings (SSSR count). The molecule has 1 aliphatic rings. The summed E-state index contributed by atoms with van der Waals surface area (Å²) in [5.74, 6) is -0.645. The average molecular weight is 275 g/mol. The zero-order valence-electron chi connectivity index (χ0n) is 11.0. The van der Waals surface area contributed by atoms with Gasteiger partial charge >= 0.3 is 5.76 Å². The maximum absolute atomic E-state index is 12.2. The van der Waals surface area contributed by atoms with E-state index in [1.165, 1.54) is 0 Å². The van der Waals surface area contributed by atoms with Crippen LogP contribution in [0.25, 0.3) is 11.1 Å². The summed E-state index contributed by atoms with van der Waals surface area (Å²) < 4.78 is 4.91. The highest BCUT2D eigenvalue weighted by atomic mass is 16.4. The number of carbonyl (C=O) groups excluding carboxylic acids is 1. The van der Waals surface area contributed by atoms with Crippen LogP contribution in [0.2, 0.25) is 0 Å². The molecule has 1 aromatic heterocycles. The molecule has 1 aliphatic carbocycles. The molecule has 6 nitrogen and oxygen atoms in total. The third-order valence-corrected chi connectivity index (χ3v) is 3.79. The van der Waals surface area contributed by atoms with E-state index >= 15 is 0 Å². The fraction of sp³-hybridized carbons (Fsp3) is 0.429. The number of aromatic amines is 1. The number of nitrogens with one attached hydrogen (secondary N) is 2. The van der Waals surface area contributed by atoms with Crippen LogP contribution < -0.4 is 16.8 Å². The Balaban J connectivity index is 1.73. The van der Waals surface area contributed by atoms with Crippen LogP contribution in [0.15, 0.2) is 27.4 Å². The molecule has 20 heavy (non-hydrogen) atoms. The molecule has 1 heterocycles. The summed E-state index contributed by atoms with van der Waals surface area (Å²) >= 11 is 0. The molecule has 0 atom stereocenters. The van der Waals surface area contributed by atoms with Gasteiger partial charge < -0.3 is 15.5 Å². The Labute approximate surface area is 115 Å². The average Bonchev–Trinajstić information content (AvgIpc) is 2.80. The highest BCUT2D eigenvalue weighted by Crippen LogP contribution is 2.18. The van der Waals surface area contributed by atoms with Crippen molar-refractivity contribution in [1.82, 2.24) is 10.3 Å². The zero-order valence-corrected chi connectivity index (χ0v) is 11.0. The molecular formula is C14H17N3O3. The van der Waals surface area contributed by atoms with E-state index in [2.05, 4.69) is 10.3 Å². The van der Waals surface area contributed by atoms with Crippen molar-refractivity contribution in [3.8, 4) is 0 Å². The summed E-state index contributed by atoms with van der Waals surface area (Å²) in [4.78, 5) is 25.8. The second kappa shape index (κ2) is 5.13. The Kier molecular flexibility index (Phi) is 3.31. The van der Waals surface area contributed by atoms with Gasteiger partial charge in [0.2, 0.25) is 0 Å². The number of nitrogens with two attached hydrogens (primary N) is 1. The molecule has 0 bridgehead atoms. The number of aromatic nitrogens is 1. The highest BCUT2D eigenvalue weighted by molar-refractivity contribution is 5.97. The molecule has 4 N–H and O–H groups in total. The summed E-state index contributed by atoms with van der Waals surface area (Å²) in [7, 11) is 0. The summed E-state index contributed by atoms with van der Waals surface area (Å²) in [5.41, 5.74) is 7.35. The molecular weight excluding hydrogens is 258 g/mol. The molecule has 1 fully saturated rings. The van der Waals surface area contributed by atoms with Crippen molar-refractivity contribution in [3.63, 3.8) is 0 Å². The Morgan fingerprint density at radius 2 is 2.05 bits per heavy atom. The number of carbonyl (C=O) groups is 1. The lowest BCUT2D eigenvalue weighted by atomic mass is 9.91. The van der Waals surface area contributed by atoms with Crippen LogP contribution in [-0.2, 0) is 0 Å². The molecule has 106 valence electrons. The van der Waals surface area contributed by atoms with Gasteiger partial charge in [0.25, 0.3) is 5.91 Å². The molecule has 2 aromatic rings. The number of H-pyrrole nitrogens is 1. The van der Waals surface area contributed by atoms with E-state index in [-0.39, 0.29) is 18.0 Å². The van der Waals surface area contributed by atoms with E-state index < -0.39 is 5.76 Å². The van der Waals surface area contributed by atoms with Crippen LogP contribution in [0.4, 0.5) is 0 Å². The molecule has 1 aromatic carbocycles. The first-order valence-corrected chi connectivity index (χ1v) is 6.81. The van der Waals surface area contributed by atoms with E-state index in [1.807, 2.05) is 0 Å². The highest BCUT2D eigenvalue weighted by Gasteiger charge is 2.20. The van der Waals surface area contributed by atoms with Crippen LogP contribution in [0.1, 0.15) is 36.0 Å². The Morgan fingerprint density at radius 3 is 2.80 bits per heavy atom. The fourth-order valence-electron chi connectivity index (χ4n) is 2.63. The fourth-order valence-corrected chi connectivity index (χ4v) is 2.63. The van der Waals surface area contributed by atoms with Crippen LogP contribution in [-0.4, -0.2) is 23.0 Å². The predicted octanol–water partition coefficient (Wildman–Crippen LogP) is 1.12. The number of oxazole rings is 1. The molecule has 1 saturated carbocycles. The third kappa shape index (κ3) is 2.60. The minimum absolute atomic E-state index is 0.130. The molecule has 0 spiro atoms. The van der Waals surface area contributed by atoms with Gasteiger partial charge in [0.15, 0.2) is 5.58 Å². The van der Waals surface area contributed by atoms with Crippen molar-refractivity contribution in [2.24, 2.45) is 5.73 Å². The van der Waals surface area contributed by atoms with E-state index in [0.717, 1.165) is 25.7 Å². The first-order chi connectivity index (χ1) is 9.61. The van der Waals surface area contributed by atoms with Gasteiger partial charge in [-0.25, -0.2) is 4.79 Å². The Hall–Kier alpha value is -2.08. The number of rotatable bonds is 2. The van der Waals surface area contributed by atoms with Gasteiger partial charge in [-0.15, -0.1) is 0 Å². The van der Waals surface area contributed by atoms with Gasteiger partial charge in [-0.1, -0.05) is 0 Å². The van der Waals surface area contributed by atoms with Crippen LogP contribution >= 0.6 is 0 Å². The molecule has 0 unspecified atom stereocenters. The van der Waals surface area contributed by atoms with Gasteiger partial charge in [0.05, 0.1) is 5.52 Å². The predicted molar refractivity (Wildman–Crippen MR) is 74.5 cm³/mol. The monoisotopic (exact) mass is 275 g/mol. The minimum atomic E-state index is -0.515. The van der Waals surface area contributed by atoms with Crippen molar-refractivity contribution in [2.75, 3.05) is 0 Å². The standard InChI is InChI=1S/C14H17N3O3/c15-9-2-4-10(5-3-9)16-13(18)8-1-6-12-11(7-8)17-14(19)20-12/h1,6-7,9-10H,2-5,15H2,(H,16,18)(H,17,19). The first kappa shape index (κ1) is 12.9. The molecule has 1 amide bonds. The number of fused-ring (bicyclic) bond motifs is 1. The minimum Gasteiger partial charge on any atom is -0.408 e. The summed E-state index contributed by atoms with van der Waals surface area (Å²) in [6.07, 6.45) is 3.72. The normalized spacial score (nSPS) is 22.9. The van der Waals surface area contributed by atoms with Crippen molar-refractivity contribution < 1.29 is 9.21 Å². The van der Waals surface area contributed by atoms with Gasteiger partial charge in [-0.2, -0.15) is 0 Å². The topological polar surface area (TPSA) is 101 Å². The summed E-state index contributed by atoms with van der Waals surface area (Å²) in [6, 6.07) is 5.35. The smallest absolute Gasteiger partial charge is 0.408 e. The SMILES string of the molecule is NC1CCC(NC(=O)c2ccc3oc(=O)[nH]c3c2)CC1. The largest absolute Gasteiger partial charge is 0.417 e. The third-order valence-electron chi connectivity index (χ3n) is 3.79. The van der Waals surface area contributed by atoms with Crippen molar-refractivity contribution in [1.29, 1.82) is 0 Å². The first-order valence-electron chi connectivity index (χ1n) is 6.81. The van der Waals surface area contributed by atoms with Gasteiger partial charge in [0, 0.05) is 17.6 Å². The number of hydrogen-bond donors (Lipinski definition) is 3. The van der Waals surface area contributed by atoms with E-state index in [9.17, 15) is 9.59 Å².